The lowest BCUT2D eigenvalue weighted by Gasteiger charge is -2.09. The van der Waals surface area contributed by atoms with E-state index in [-0.39, 0.29) is 5.97 Å². The fraction of sp³-hybridized carbons (Fsp3) is 0.467. The molecule has 0 N–H and O–H groups in total. The predicted molar refractivity (Wildman–Crippen MR) is 95.6 cm³/mol. The van der Waals surface area contributed by atoms with Crippen LogP contribution in [0.4, 0.5) is 0 Å². The summed E-state index contributed by atoms with van der Waals surface area (Å²) in [4.78, 5) is 11.8. The number of rotatable bonds is 7. The minimum absolute atomic E-state index is 0.253. The Balaban J connectivity index is 2.56. The molecule has 1 aromatic rings. The maximum atomic E-state index is 11.8. The zero-order valence-corrected chi connectivity index (χ0v) is 15.7. The monoisotopic (exact) mass is 497 g/mol. The van der Waals surface area contributed by atoms with Gasteiger partial charge in [-0.2, -0.15) is 5.26 Å². The minimum Gasteiger partial charge on any atom is -0.424 e. The molecule has 0 spiro atoms. The van der Waals surface area contributed by atoms with Crippen molar-refractivity contribution in [3.8, 4) is 11.8 Å². The van der Waals surface area contributed by atoms with Gasteiger partial charge in [-0.3, -0.25) is 4.79 Å². The molecule has 108 valence electrons. The summed E-state index contributed by atoms with van der Waals surface area (Å²) >= 11 is 4.23. The first-order valence-electron chi connectivity index (χ1n) is 6.68. The number of hydrogen-bond donors (Lipinski definition) is 0. The second-order valence-electron chi connectivity index (χ2n) is 4.51. The molecule has 0 aliphatic rings. The van der Waals surface area contributed by atoms with Gasteiger partial charge < -0.3 is 4.74 Å². The summed E-state index contributed by atoms with van der Waals surface area (Å²) < 4.78 is 7.11. The van der Waals surface area contributed by atoms with E-state index < -0.39 is 0 Å². The summed E-state index contributed by atoms with van der Waals surface area (Å²) in [5.41, 5.74) is 0.417. The van der Waals surface area contributed by atoms with E-state index in [0.717, 1.165) is 26.4 Å². The molecule has 3 nitrogen and oxygen atoms in total. The van der Waals surface area contributed by atoms with Crippen LogP contribution in [0.5, 0.6) is 5.75 Å². The predicted octanol–water partition coefficient (Wildman–Crippen LogP) is 5.03. The number of nitriles is 1. The Bertz CT molecular complexity index is 509. The fourth-order valence-electron chi connectivity index (χ4n) is 1.78. The number of nitrogens with zero attached hydrogens (tertiary/aromatic N) is 1. The van der Waals surface area contributed by atoms with Crippen LogP contribution in [0, 0.1) is 18.5 Å². The van der Waals surface area contributed by atoms with Crippen molar-refractivity contribution < 1.29 is 9.53 Å². The Morgan fingerprint density at radius 3 is 2.60 bits per heavy atom. The highest BCUT2D eigenvalue weighted by Crippen LogP contribution is 2.28. The molecule has 1 rings (SSSR count). The van der Waals surface area contributed by atoms with Crippen molar-refractivity contribution in [1.82, 2.24) is 0 Å². The van der Waals surface area contributed by atoms with Crippen molar-refractivity contribution in [3.63, 3.8) is 0 Å². The Morgan fingerprint density at radius 2 is 1.95 bits per heavy atom. The topological polar surface area (TPSA) is 50.1 Å². The molecule has 0 aliphatic carbocycles. The first-order valence-corrected chi connectivity index (χ1v) is 8.84. The molecular weight excluding hydrogens is 480 g/mol. The highest BCUT2D eigenvalue weighted by molar-refractivity contribution is 14.1. The molecule has 5 heteroatoms. The third-order valence-electron chi connectivity index (χ3n) is 2.83. The summed E-state index contributed by atoms with van der Waals surface area (Å²) in [7, 11) is 0. The normalized spacial score (nSPS) is 10.1. The second-order valence-corrected chi connectivity index (χ2v) is 6.92. The van der Waals surface area contributed by atoms with Crippen LogP contribution in [-0.4, -0.2) is 5.97 Å². The van der Waals surface area contributed by atoms with Crippen molar-refractivity contribution in [2.24, 2.45) is 0 Å². The summed E-state index contributed by atoms with van der Waals surface area (Å²) in [6.07, 6.45) is 5.88. The van der Waals surface area contributed by atoms with Crippen LogP contribution in [0.2, 0.25) is 0 Å². The van der Waals surface area contributed by atoms with Crippen molar-refractivity contribution in [1.29, 1.82) is 5.26 Å². The number of hydrogen-bond acceptors (Lipinski definition) is 3. The maximum Gasteiger partial charge on any atom is 0.311 e. The molecule has 0 aromatic heterocycles. The molecule has 0 bridgehead atoms. The van der Waals surface area contributed by atoms with Gasteiger partial charge >= 0.3 is 5.97 Å². The Hall–Kier alpha value is -0.360. The van der Waals surface area contributed by atoms with E-state index >= 15 is 0 Å². The summed E-state index contributed by atoms with van der Waals surface area (Å²) in [6.45, 7) is 2.16. The molecular formula is C15H17I2NO2. The van der Waals surface area contributed by atoms with E-state index in [0.29, 0.717) is 17.7 Å². The van der Waals surface area contributed by atoms with E-state index in [4.69, 9.17) is 10.00 Å². The quantitative estimate of drug-likeness (QED) is 0.230. The molecule has 0 unspecified atom stereocenters. The van der Waals surface area contributed by atoms with E-state index in [1.54, 1.807) is 6.07 Å². The molecule has 0 radical (unpaired) electrons. The van der Waals surface area contributed by atoms with E-state index in [9.17, 15) is 4.79 Å². The van der Waals surface area contributed by atoms with E-state index in [1.165, 1.54) is 12.8 Å². The van der Waals surface area contributed by atoms with Crippen molar-refractivity contribution in [3.05, 3.63) is 24.8 Å². The molecule has 0 aliphatic heterocycles. The molecule has 0 heterocycles. The number of esters is 1. The standard InChI is InChI=1S/C15H17I2NO2/c1-2-3-4-5-6-7-14(19)20-15-11(10-18)8-12(16)9-13(15)17/h8-9H,2-7H2,1H3. The van der Waals surface area contributed by atoms with Gasteiger partial charge in [-0.15, -0.1) is 0 Å². The van der Waals surface area contributed by atoms with E-state index in [1.807, 2.05) is 6.07 Å². The SMILES string of the molecule is CCCCCCCC(=O)Oc1c(I)cc(I)cc1C#N. The average Bonchev–Trinajstić information content (AvgIpc) is 2.41. The van der Waals surface area contributed by atoms with Gasteiger partial charge in [0.15, 0.2) is 5.75 Å². The van der Waals surface area contributed by atoms with Crippen molar-refractivity contribution in [2.45, 2.75) is 45.4 Å². The Kier molecular flexibility index (Phi) is 8.45. The minimum atomic E-state index is -0.253. The second kappa shape index (κ2) is 9.55. The van der Waals surface area contributed by atoms with Gasteiger partial charge in [0.2, 0.25) is 0 Å². The molecule has 0 saturated heterocycles. The van der Waals surface area contributed by atoms with Gasteiger partial charge in [-0.05, 0) is 63.7 Å². The molecule has 0 fully saturated rings. The van der Waals surface area contributed by atoms with Crippen LogP contribution >= 0.6 is 45.2 Å². The first kappa shape index (κ1) is 17.7. The smallest absolute Gasteiger partial charge is 0.311 e. The van der Waals surface area contributed by atoms with Crippen LogP contribution in [0.15, 0.2) is 12.1 Å². The van der Waals surface area contributed by atoms with Gasteiger partial charge in [-0.1, -0.05) is 32.6 Å². The maximum absolute atomic E-state index is 11.8. The molecule has 0 saturated carbocycles. The van der Waals surface area contributed by atoms with Crippen molar-refractivity contribution in [2.75, 3.05) is 0 Å². The zero-order valence-electron chi connectivity index (χ0n) is 11.4. The van der Waals surface area contributed by atoms with Crippen LogP contribution in [0.25, 0.3) is 0 Å². The average molecular weight is 497 g/mol. The molecule has 0 amide bonds. The van der Waals surface area contributed by atoms with Gasteiger partial charge in [-0.25, -0.2) is 0 Å². The summed E-state index contributed by atoms with van der Waals surface area (Å²) in [5.74, 6) is 0.143. The number of carbonyl (C=O) groups excluding carboxylic acids is 1. The first-order chi connectivity index (χ1) is 9.58. The third-order valence-corrected chi connectivity index (χ3v) is 4.25. The summed E-state index contributed by atoms with van der Waals surface area (Å²) in [5, 5.41) is 9.11. The number of benzene rings is 1. The fourth-order valence-corrected chi connectivity index (χ4v) is 3.74. The summed E-state index contributed by atoms with van der Waals surface area (Å²) in [6, 6.07) is 5.70. The lowest BCUT2D eigenvalue weighted by Crippen LogP contribution is -2.10. The van der Waals surface area contributed by atoms with E-state index in [2.05, 4.69) is 58.2 Å². The van der Waals surface area contributed by atoms with Crippen LogP contribution < -0.4 is 4.74 Å². The lowest BCUT2D eigenvalue weighted by molar-refractivity contribution is -0.134. The zero-order chi connectivity index (χ0) is 15.0. The number of ether oxygens (including phenoxy) is 1. The van der Waals surface area contributed by atoms with Gasteiger partial charge in [0.1, 0.15) is 6.07 Å². The Morgan fingerprint density at radius 1 is 1.25 bits per heavy atom. The molecule has 1 aromatic carbocycles. The highest BCUT2D eigenvalue weighted by atomic mass is 127. The highest BCUT2D eigenvalue weighted by Gasteiger charge is 2.14. The van der Waals surface area contributed by atoms with Crippen LogP contribution in [0.3, 0.4) is 0 Å². The number of unbranched alkanes of at least 4 members (excludes halogenated alkanes) is 4. The van der Waals surface area contributed by atoms with Gasteiger partial charge in [0.25, 0.3) is 0 Å². The number of carbonyl (C=O) groups is 1. The van der Waals surface area contributed by atoms with Crippen molar-refractivity contribution >= 4 is 51.2 Å². The van der Waals surface area contributed by atoms with Crippen LogP contribution in [0.1, 0.15) is 51.0 Å². The van der Waals surface area contributed by atoms with Gasteiger partial charge in [0, 0.05) is 9.99 Å². The Labute approximate surface area is 147 Å². The largest absolute Gasteiger partial charge is 0.424 e. The molecule has 20 heavy (non-hydrogen) atoms. The molecule has 0 atom stereocenters. The van der Waals surface area contributed by atoms with Crippen LogP contribution in [-0.2, 0) is 4.79 Å². The van der Waals surface area contributed by atoms with Gasteiger partial charge in [0.05, 0.1) is 9.13 Å². The lowest BCUT2D eigenvalue weighted by atomic mass is 10.1. The third kappa shape index (κ3) is 5.95. The number of halogens is 2.